The topological polar surface area (TPSA) is 72.2 Å². The molecule has 1 aromatic carbocycles. The summed E-state index contributed by atoms with van der Waals surface area (Å²) < 4.78 is 26.8. The predicted molar refractivity (Wildman–Crippen MR) is 81.1 cm³/mol. The standard InChI is InChI=1S/C13H22N2O2S.ClH/c1-4-13(14,5-2)10-15-18(16,17)12-8-6-7-11(3)9-12;/h6-9,15H,4-5,10,14H2,1-3H3;1H. The van der Waals surface area contributed by atoms with E-state index in [-0.39, 0.29) is 23.8 Å². The van der Waals surface area contributed by atoms with E-state index in [2.05, 4.69) is 4.72 Å². The van der Waals surface area contributed by atoms with Crippen molar-refractivity contribution in [1.82, 2.24) is 4.72 Å². The van der Waals surface area contributed by atoms with Crippen LogP contribution in [0.2, 0.25) is 0 Å². The molecule has 0 radical (unpaired) electrons. The van der Waals surface area contributed by atoms with E-state index in [0.717, 1.165) is 18.4 Å². The Morgan fingerprint density at radius 1 is 1.26 bits per heavy atom. The Labute approximate surface area is 122 Å². The average Bonchev–Trinajstić information content (AvgIpc) is 2.36. The molecule has 6 heteroatoms. The van der Waals surface area contributed by atoms with Gasteiger partial charge in [0.15, 0.2) is 0 Å². The lowest BCUT2D eigenvalue weighted by Crippen LogP contribution is -2.49. The maximum Gasteiger partial charge on any atom is 0.240 e. The van der Waals surface area contributed by atoms with Gasteiger partial charge in [0.25, 0.3) is 0 Å². The highest BCUT2D eigenvalue weighted by Crippen LogP contribution is 2.14. The lowest BCUT2D eigenvalue weighted by molar-refractivity contribution is 0.392. The summed E-state index contributed by atoms with van der Waals surface area (Å²) in [6, 6.07) is 6.84. The van der Waals surface area contributed by atoms with Gasteiger partial charge >= 0.3 is 0 Å². The van der Waals surface area contributed by atoms with E-state index >= 15 is 0 Å². The van der Waals surface area contributed by atoms with Crippen LogP contribution in [0.25, 0.3) is 0 Å². The van der Waals surface area contributed by atoms with Crippen molar-refractivity contribution in [3.63, 3.8) is 0 Å². The number of benzene rings is 1. The van der Waals surface area contributed by atoms with Crippen LogP contribution >= 0.6 is 12.4 Å². The molecule has 3 N–H and O–H groups in total. The van der Waals surface area contributed by atoms with Crippen LogP contribution in [-0.2, 0) is 10.0 Å². The molecule has 1 rings (SSSR count). The van der Waals surface area contributed by atoms with Crippen LogP contribution in [0.1, 0.15) is 32.3 Å². The maximum atomic E-state index is 12.1. The third-order valence-corrected chi connectivity index (χ3v) is 4.72. The first-order chi connectivity index (χ1) is 8.33. The molecule has 0 spiro atoms. The summed E-state index contributed by atoms with van der Waals surface area (Å²) in [4.78, 5) is 0.289. The Balaban J connectivity index is 0.00000324. The third kappa shape index (κ3) is 5.10. The van der Waals surface area contributed by atoms with Crippen LogP contribution in [0.15, 0.2) is 29.2 Å². The fraction of sp³-hybridized carbons (Fsp3) is 0.538. The molecule has 0 saturated carbocycles. The lowest BCUT2D eigenvalue weighted by atomic mass is 9.95. The molecule has 0 aliphatic rings. The molecule has 0 unspecified atom stereocenters. The van der Waals surface area contributed by atoms with Crippen molar-refractivity contribution in [2.24, 2.45) is 5.73 Å². The minimum Gasteiger partial charge on any atom is -0.324 e. The summed E-state index contributed by atoms with van der Waals surface area (Å²) in [5, 5.41) is 0. The van der Waals surface area contributed by atoms with Crippen molar-refractivity contribution in [1.29, 1.82) is 0 Å². The first-order valence-electron chi connectivity index (χ1n) is 6.18. The highest BCUT2D eigenvalue weighted by atomic mass is 35.5. The van der Waals surface area contributed by atoms with Gasteiger partial charge in [-0.05, 0) is 37.5 Å². The smallest absolute Gasteiger partial charge is 0.240 e. The normalized spacial score (nSPS) is 12.0. The zero-order valence-electron chi connectivity index (χ0n) is 11.6. The van der Waals surface area contributed by atoms with Gasteiger partial charge in [-0.2, -0.15) is 0 Å². The second-order valence-electron chi connectivity index (χ2n) is 4.71. The summed E-state index contributed by atoms with van der Waals surface area (Å²) in [7, 11) is -3.47. The van der Waals surface area contributed by atoms with Gasteiger partial charge < -0.3 is 5.73 Å². The average molecular weight is 307 g/mol. The molecular weight excluding hydrogens is 284 g/mol. The number of rotatable bonds is 6. The Morgan fingerprint density at radius 3 is 2.32 bits per heavy atom. The van der Waals surface area contributed by atoms with E-state index in [1.54, 1.807) is 18.2 Å². The van der Waals surface area contributed by atoms with Crippen LogP contribution in [-0.4, -0.2) is 20.5 Å². The van der Waals surface area contributed by atoms with E-state index in [1.807, 2.05) is 26.8 Å². The van der Waals surface area contributed by atoms with Crippen LogP contribution in [0.3, 0.4) is 0 Å². The van der Waals surface area contributed by atoms with Crippen LogP contribution < -0.4 is 10.5 Å². The summed E-state index contributed by atoms with van der Waals surface area (Å²) in [5.41, 5.74) is 6.53. The molecule has 0 amide bonds. The SMILES string of the molecule is CCC(N)(CC)CNS(=O)(=O)c1cccc(C)c1.Cl. The molecule has 110 valence electrons. The van der Waals surface area contributed by atoms with Crippen molar-refractivity contribution in [2.45, 2.75) is 44.0 Å². The van der Waals surface area contributed by atoms with Crippen molar-refractivity contribution in [3.8, 4) is 0 Å². The molecule has 0 heterocycles. The predicted octanol–water partition coefficient (Wildman–Crippen LogP) is 2.21. The first kappa shape index (κ1) is 18.4. The molecule has 1 aromatic rings. The monoisotopic (exact) mass is 306 g/mol. The second kappa shape index (κ2) is 7.24. The van der Waals surface area contributed by atoms with E-state index in [0.29, 0.717) is 0 Å². The molecule has 0 atom stereocenters. The summed E-state index contributed by atoms with van der Waals surface area (Å²) in [6.07, 6.45) is 1.47. The first-order valence-corrected chi connectivity index (χ1v) is 7.66. The van der Waals surface area contributed by atoms with Crippen LogP contribution in [0.4, 0.5) is 0 Å². The number of aryl methyl sites for hydroxylation is 1. The summed E-state index contributed by atoms with van der Waals surface area (Å²) in [5.74, 6) is 0. The Kier molecular flexibility index (Phi) is 7.00. The number of hydrogen-bond donors (Lipinski definition) is 2. The number of nitrogens with two attached hydrogens (primary N) is 1. The molecule has 4 nitrogen and oxygen atoms in total. The van der Waals surface area contributed by atoms with Gasteiger partial charge in [0.05, 0.1) is 4.90 Å². The summed E-state index contributed by atoms with van der Waals surface area (Å²) >= 11 is 0. The largest absolute Gasteiger partial charge is 0.324 e. The van der Waals surface area contributed by atoms with Gasteiger partial charge in [0.2, 0.25) is 10.0 Å². The zero-order chi connectivity index (χ0) is 13.8. The fourth-order valence-electron chi connectivity index (χ4n) is 1.60. The third-order valence-electron chi connectivity index (χ3n) is 3.32. The minimum absolute atomic E-state index is 0. The van der Waals surface area contributed by atoms with Gasteiger partial charge in [-0.25, -0.2) is 13.1 Å². The van der Waals surface area contributed by atoms with Gasteiger partial charge in [-0.1, -0.05) is 26.0 Å². The summed E-state index contributed by atoms with van der Waals surface area (Å²) in [6.45, 7) is 6.05. The Morgan fingerprint density at radius 2 is 1.84 bits per heavy atom. The van der Waals surface area contributed by atoms with Gasteiger partial charge in [-0.3, -0.25) is 0 Å². The van der Waals surface area contributed by atoms with Crippen molar-refractivity contribution in [3.05, 3.63) is 29.8 Å². The minimum atomic E-state index is -3.47. The molecule has 0 aliphatic heterocycles. The second-order valence-corrected chi connectivity index (χ2v) is 6.48. The van der Waals surface area contributed by atoms with E-state index in [4.69, 9.17) is 5.73 Å². The van der Waals surface area contributed by atoms with E-state index in [1.165, 1.54) is 0 Å². The van der Waals surface area contributed by atoms with Gasteiger partial charge in [0.1, 0.15) is 0 Å². The highest BCUT2D eigenvalue weighted by molar-refractivity contribution is 7.89. The number of hydrogen-bond acceptors (Lipinski definition) is 3. The highest BCUT2D eigenvalue weighted by Gasteiger charge is 2.23. The quantitative estimate of drug-likeness (QED) is 0.846. The van der Waals surface area contributed by atoms with Crippen LogP contribution in [0, 0.1) is 6.92 Å². The molecule has 0 bridgehead atoms. The Bertz CT molecular complexity index is 499. The molecule has 0 saturated heterocycles. The number of sulfonamides is 1. The maximum absolute atomic E-state index is 12.1. The van der Waals surface area contributed by atoms with Crippen molar-refractivity contribution in [2.75, 3.05) is 6.54 Å². The lowest BCUT2D eigenvalue weighted by Gasteiger charge is -2.26. The van der Waals surface area contributed by atoms with E-state index < -0.39 is 15.6 Å². The molecule has 19 heavy (non-hydrogen) atoms. The number of halogens is 1. The molecular formula is C13H23ClN2O2S. The molecule has 0 aliphatic carbocycles. The number of nitrogens with one attached hydrogen (secondary N) is 1. The van der Waals surface area contributed by atoms with E-state index in [9.17, 15) is 8.42 Å². The van der Waals surface area contributed by atoms with Gasteiger partial charge in [0, 0.05) is 12.1 Å². The Hall–Kier alpha value is -0.620. The molecule has 0 aromatic heterocycles. The van der Waals surface area contributed by atoms with Crippen LogP contribution in [0.5, 0.6) is 0 Å². The fourth-order valence-corrected chi connectivity index (χ4v) is 2.85. The van der Waals surface area contributed by atoms with Crippen molar-refractivity contribution < 1.29 is 8.42 Å². The van der Waals surface area contributed by atoms with Gasteiger partial charge in [-0.15, -0.1) is 12.4 Å². The van der Waals surface area contributed by atoms with Crippen molar-refractivity contribution >= 4 is 22.4 Å². The molecule has 0 fully saturated rings. The zero-order valence-corrected chi connectivity index (χ0v) is 13.3.